The van der Waals surface area contributed by atoms with Gasteiger partial charge >= 0.3 is 0 Å². The van der Waals surface area contributed by atoms with Crippen molar-refractivity contribution in [2.45, 2.75) is 0 Å². The van der Waals surface area contributed by atoms with Gasteiger partial charge in [-0.25, -0.2) is 0 Å². The Balaban J connectivity index is 3.22. The summed E-state index contributed by atoms with van der Waals surface area (Å²) in [4.78, 5) is 6.95. The van der Waals surface area contributed by atoms with E-state index < -0.39 is 5.82 Å². The third-order valence-corrected chi connectivity index (χ3v) is 1.32. The Bertz CT molecular complexity index is 270. The van der Waals surface area contributed by atoms with Gasteiger partial charge in [-0.3, -0.25) is 0 Å². The van der Waals surface area contributed by atoms with Gasteiger partial charge in [0, 0.05) is 0 Å². The molecule has 1 heterocycles. The van der Waals surface area contributed by atoms with Crippen molar-refractivity contribution >= 4 is 11.6 Å². The Kier molecular flexibility index (Phi) is 2.65. The molecule has 0 spiro atoms. The molecule has 0 aliphatic carbocycles. The minimum Gasteiger partial charge on any atom is -0.479 e. The Morgan fingerprint density at radius 1 is 1.17 bits per heavy atom. The Hall–Kier alpha value is -1.10. The minimum atomic E-state index is -0.760. The van der Waals surface area contributed by atoms with Gasteiger partial charge < -0.3 is 9.47 Å². The predicted molar refractivity (Wildman–Crippen MR) is 40.1 cm³/mol. The third-order valence-electron chi connectivity index (χ3n) is 1.15. The zero-order valence-corrected chi connectivity index (χ0v) is 7.22. The fraction of sp³-hybridized carbons (Fsp3) is 0.333. The van der Waals surface area contributed by atoms with Crippen molar-refractivity contribution in [2.75, 3.05) is 14.2 Å². The van der Waals surface area contributed by atoms with Crippen molar-refractivity contribution in [1.29, 1.82) is 0 Å². The maximum Gasteiger partial charge on any atom is 0.258 e. The van der Waals surface area contributed by atoms with Gasteiger partial charge in [0.15, 0.2) is 0 Å². The van der Waals surface area contributed by atoms with Crippen molar-refractivity contribution in [1.82, 2.24) is 9.97 Å². The highest BCUT2D eigenvalue weighted by Crippen LogP contribution is 2.23. The summed E-state index contributed by atoms with van der Waals surface area (Å²) in [5.41, 5.74) is 0. The van der Waals surface area contributed by atoms with E-state index in [1.54, 1.807) is 0 Å². The molecular formula is C6H6ClFN2O2. The Labute approximate surface area is 73.3 Å². The largest absolute Gasteiger partial charge is 0.479 e. The second kappa shape index (κ2) is 3.53. The van der Waals surface area contributed by atoms with Crippen LogP contribution in [-0.2, 0) is 0 Å². The Morgan fingerprint density at radius 3 is 1.92 bits per heavy atom. The van der Waals surface area contributed by atoms with Crippen molar-refractivity contribution in [3.8, 4) is 11.8 Å². The first-order chi connectivity index (χ1) is 5.69. The second-order valence-corrected chi connectivity index (χ2v) is 2.16. The molecule has 0 radical (unpaired) electrons. The van der Waals surface area contributed by atoms with Crippen LogP contribution in [0, 0.1) is 5.82 Å². The first-order valence-electron chi connectivity index (χ1n) is 3.00. The molecule has 12 heavy (non-hydrogen) atoms. The van der Waals surface area contributed by atoms with Crippen LogP contribution >= 0.6 is 11.6 Å². The molecule has 0 amide bonds. The van der Waals surface area contributed by atoms with Crippen molar-refractivity contribution < 1.29 is 13.9 Å². The minimum absolute atomic E-state index is 0.120. The summed E-state index contributed by atoms with van der Waals surface area (Å²) in [6, 6.07) is 0. The normalized spacial score (nSPS) is 9.67. The van der Waals surface area contributed by atoms with E-state index in [2.05, 4.69) is 19.4 Å². The van der Waals surface area contributed by atoms with Gasteiger partial charge in [0.05, 0.1) is 14.2 Å². The summed E-state index contributed by atoms with van der Waals surface area (Å²) in [5.74, 6) is -1.22. The highest BCUT2D eigenvalue weighted by Gasteiger charge is 2.14. The average Bonchev–Trinajstić information content (AvgIpc) is 2.08. The lowest BCUT2D eigenvalue weighted by Gasteiger charge is -2.03. The molecule has 0 N–H and O–H groups in total. The molecule has 0 saturated carbocycles. The van der Waals surface area contributed by atoms with Gasteiger partial charge in [0.1, 0.15) is 0 Å². The maximum atomic E-state index is 13.0. The highest BCUT2D eigenvalue weighted by atomic mass is 35.5. The number of hydrogen-bond acceptors (Lipinski definition) is 4. The zero-order valence-electron chi connectivity index (χ0n) is 6.47. The number of nitrogens with zero attached hydrogens (tertiary/aromatic N) is 2. The van der Waals surface area contributed by atoms with Gasteiger partial charge in [-0.05, 0) is 11.6 Å². The smallest absolute Gasteiger partial charge is 0.258 e. The molecule has 0 unspecified atom stereocenters. The standard InChI is InChI=1S/C6H6ClFN2O2/c1-11-4-3(8)5(12-2)10-6(7)9-4/h1-2H3. The van der Waals surface area contributed by atoms with E-state index in [9.17, 15) is 4.39 Å². The van der Waals surface area contributed by atoms with E-state index in [4.69, 9.17) is 11.6 Å². The van der Waals surface area contributed by atoms with Gasteiger partial charge in [-0.1, -0.05) is 0 Å². The summed E-state index contributed by atoms with van der Waals surface area (Å²) < 4.78 is 22.2. The van der Waals surface area contributed by atoms with Crippen LogP contribution in [0.1, 0.15) is 0 Å². The van der Waals surface area contributed by atoms with Crippen molar-refractivity contribution in [3.05, 3.63) is 11.1 Å². The first kappa shape index (κ1) is 8.99. The van der Waals surface area contributed by atoms with Crippen LogP contribution in [0.5, 0.6) is 11.8 Å². The third kappa shape index (κ3) is 1.55. The Morgan fingerprint density at radius 2 is 1.58 bits per heavy atom. The second-order valence-electron chi connectivity index (χ2n) is 1.83. The van der Waals surface area contributed by atoms with Crippen molar-refractivity contribution in [3.63, 3.8) is 0 Å². The molecule has 0 aliphatic rings. The molecule has 6 heteroatoms. The number of hydrogen-bond donors (Lipinski definition) is 0. The highest BCUT2D eigenvalue weighted by molar-refractivity contribution is 6.28. The van der Waals surface area contributed by atoms with E-state index in [1.807, 2.05) is 0 Å². The number of methoxy groups -OCH3 is 2. The van der Waals surface area contributed by atoms with Gasteiger partial charge in [-0.2, -0.15) is 14.4 Å². The van der Waals surface area contributed by atoms with Crippen LogP contribution in [0.25, 0.3) is 0 Å². The van der Waals surface area contributed by atoms with E-state index in [1.165, 1.54) is 14.2 Å². The molecule has 0 aromatic carbocycles. The van der Waals surface area contributed by atoms with Crippen LogP contribution in [0.4, 0.5) is 4.39 Å². The lowest BCUT2D eigenvalue weighted by molar-refractivity contribution is 0.327. The molecule has 1 aromatic heterocycles. The van der Waals surface area contributed by atoms with E-state index in [0.29, 0.717) is 0 Å². The van der Waals surface area contributed by atoms with E-state index in [0.717, 1.165) is 0 Å². The molecule has 1 aromatic rings. The van der Waals surface area contributed by atoms with Gasteiger partial charge in [0.2, 0.25) is 11.1 Å². The maximum absolute atomic E-state index is 13.0. The van der Waals surface area contributed by atoms with Crippen LogP contribution in [0.3, 0.4) is 0 Å². The van der Waals surface area contributed by atoms with Crippen LogP contribution in [0.15, 0.2) is 0 Å². The summed E-state index contributed by atoms with van der Waals surface area (Å²) in [5, 5.41) is -0.120. The molecule has 0 saturated heterocycles. The van der Waals surface area contributed by atoms with Crippen LogP contribution in [-0.4, -0.2) is 24.2 Å². The molecule has 0 atom stereocenters. The fourth-order valence-corrected chi connectivity index (χ4v) is 0.806. The summed E-state index contributed by atoms with van der Waals surface area (Å²) >= 11 is 5.43. The molecular weight excluding hydrogens is 187 g/mol. The molecule has 0 fully saturated rings. The van der Waals surface area contributed by atoms with Crippen molar-refractivity contribution in [2.24, 2.45) is 0 Å². The monoisotopic (exact) mass is 192 g/mol. The first-order valence-corrected chi connectivity index (χ1v) is 3.38. The average molecular weight is 193 g/mol. The predicted octanol–water partition coefficient (Wildman–Crippen LogP) is 1.29. The quantitative estimate of drug-likeness (QED) is 0.663. The number of halogens is 2. The lowest BCUT2D eigenvalue weighted by atomic mass is 10.5. The molecule has 4 nitrogen and oxygen atoms in total. The number of ether oxygens (including phenoxy) is 2. The number of rotatable bonds is 2. The van der Waals surface area contributed by atoms with Crippen LogP contribution < -0.4 is 9.47 Å². The topological polar surface area (TPSA) is 44.2 Å². The lowest BCUT2D eigenvalue weighted by Crippen LogP contribution is -1.99. The summed E-state index contributed by atoms with van der Waals surface area (Å²) in [7, 11) is 2.56. The van der Waals surface area contributed by atoms with E-state index >= 15 is 0 Å². The molecule has 1 rings (SSSR count). The number of aromatic nitrogens is 2. The van der Waals surface area contributed by atoms with Gasteiger partial charge in [0.25, 0.3) is 11.8 Å². The molecule has 0 aliphatic heterocycles. The zero-order chi connectivity index (χ0) is 9.14. The van der Waals surface area contributed by atoms with Crippen LogP contribution in [0.2, 0.25) is 5.28 Å². The SMILES string of the molecule is COc1nc(Cl)nc(OC)c1F. The van der Waals surface area contributed by atoms with Gasteiger partial charge in [-0.15, -0.1) is 0 Å². The fourth-order valence-electron chi connectivity index (χ4n) is 0.653. The molecule has 66 valence electrons. The molecule has 0 bridgehead atoms. The summed E-state index contributed by atoms with van der Waals surface area (Å²) in [6.07, 6.45) is 0. The van der Waals surface area contributed by atoms with E-state index in [-0.39, 0.29) is 17.0 Å². The summed E-state index contributed by atoms with van der Waals surface area (Å²) in [6.45, 7) is 0.